The summed E-state index contributed by atoms with van der Waals surface area (Å²) in [5.41, 5.74) is 3.23. The molecule has 0 amide bonds. The Morgan fingerprint density at radius 3 is 1.85 bits per heavy atom. The van der Waals surface area contributed by atoms with Crippen molar-refractivity contribution in [3.05, 3.63) is 143 Å². The van der Waals surface area contributed by atoms with E-state index >= 15 is 0 Å². The minimum absolute atomic E-state index is 0. The van der Waals surface area contributed by atoms with Crippen LogP contribution in [0.25, 0.3) is 0 Å². The molecule has 2 heterocycles. The predicted molar refractivity (Wildman–Crippen MR) is 127 cm³/mol. The molecule has 1 aliphatic heterocycles. The number of para-hydroxylation sites is 1. The van der Waals surface area contributed by atoms with Gasteiger partial charge in [0.05, 0.1) is 11.4 Å². The van der Waals surface area contributed by atoms with Crippen LogP contribution in [0.1, 0.15) is 17.6 Å². The summed E-state index contributed by atoms with van der Waals surface area (Å²) < 4.78 is 1.91. The van der Waals surface area contributed by atoms with Crippen LogP contribution in [0, 0.1) is 63.7 Å². The molecule has 0 saturated heterocycles. The number of hydrazone groups is 1. The van der Waals surface area contributed by atoms with E-state index in [1.807, 2.05) is 73.9 Å². The molecule has 3 aromatic rings. The molecule has 5 nitrogen and oxygen atoms in total. The van der Waals surface area contributed by atoms with Gasteiger partial charge in [0.25, 0.3) is 0 Å². The third-order valence-corrected chi connectivity index (χ3v) is 5.46. The standard InChI is InChI=1S/C22H18N5.C5H5.Fe/c1-3-11-18(12-4-1)21-22(26-16-23-15-24-26)20(17-9-7-8-10-17)25-27(21)19-13-5-2-6-14-19;1-2-4-5-3-1;/h1-16,21-22H;1-5H;/q;;+2/t21-,22+;;/m0../s1. The fraction of sp³-hybridized carbons (Fsp3) is 0.0741. The molecule has 0 N–H and O–H groups in total. The second kappa shape index (κ2) is 11.6. The van der Waals surface area contributed by atoms with E-state index < -0.39 is 0 Å². The summed E-state index contributed by atoms with van der Waals surface area (Å²) in [4.78, 5) is 4.19. The maximum absolute atomic E-state index is 5.06. The molecule has 3 aliphatic rings. The molecule has 0 unspecified atom stereocenters. The Kier molecular flexibility index (Phi) is 8.35. The first-order chi connectivity index (χ1) is 15.9. The van der Waals surface area contributed by atoms with Gasteiger partial charge in [-0.15, -0.1) is 0 Å². The van der Waals surface area contributed by atoms with E-state index in [2.05, 4.69) is 64.3 Å². The van der Waals surface area contributed by atoms with Gasteiger partial charge in [-0.3, -0.25) is 5.01 Å². The summed E-state index contributed by atoms with van der Waals surface area (Å²) in [5, 5.41) is 11.6. The molecule has 6 heteroatoms. The van der Waals surface area contributed by atoms with Crippen LogP contribution in [0.15, 0.2) is 78.4 Å². The van der Waals surface area contributed by atoms with Gasteiger partial charge in [-0.2, -0.15) is 10.2 Å². The molecule has 2 atom stereocenters. The molecular formula is C27H23FeN5+2. The zero-order chi connectivity index (χ0) is 21.6. The molecule has 2 saturated carbocycles. The number of rotatable bonds is 4. The Balaban J connectivity index is 0.000000385. The zero-order valence-corrected chi connectivity index (χ0v) is 19.0. The van der Waals surface area contributed by atoms with Crippen LogP contribution in [0.4, 0.5) is 5.69 Å². The molecule has 2 aromatic carbocycles. The summed E-state index contributed by atoms with van der Waals surface area (Å²) in [7, 11) is 0. The number of hydrogen-bond acceptors (Lipinski definition) is 4. The molecule has 2 aliphatic carbocycles. The molecule has 2 fully saturated rings. The van der Waals surface area contributed by atoms with Crippen molar-refractivity contribution in [1.29, 1.82) is 0 Å². The van der Waals surface area contributed by atoms with Gasteiger partial charge < -0.3 is 0 Å². The van der Waals surface area contributed by atoms with Crippen molar-refractivity contribution in [2.24, 2.45) is 5.10 Å². The maximum Gasteiger partial charge on any atom is 2.00 e. The fourth-order valence-corrected chi connectivity index (χ4v) is 4.02. The van der Waals surface area contributed by atoms with E-state index in [4.69, 9.17) is 5.10 Å². The largest absolute Gasteiger partial charge is 2.00 e. The third-order valence-electron chi connectivity index (χ3n) is 5.46. The van der Waals surface area contributed by atoms with Gasteiger partial charge in [-0.25, -0.2) is 9.67 Å². The van der Waals surface area contributed by atoms with Crippen LogP contribution in [-0.2, 0) is 17.1 Å². The minimum atomic E-state index is -0.0718. The molecule has 1 aromatic heterocycles. The van der Waals surface area contributed by atoms with Gasteiger partial charge in [0.2, 0.25) is 0 Å². The number of aromatic nitrogens is 3. The Labute approximate surface area is 207 Å². The van der Waals surface area contributed by atoms with E-state index in [9.17, 15) is 0 Å². The van der Waals surface area contributed by atoms with Crippen molar-refractivity contribution in [3.8, 4) is 0 Å². The Bertz CT molecular complexity index is 972. The van der Waals surface area contributed by atoms with Crippen LogP contribution >= 0.6 is 0 Å². The van der Waals surface area contributed by atoms with E-state index in [0.717, 1.165) is 17.3 Å². The first-order valence-electron chi connectivity index (χ1n) is 10.6. The van der Waals surface area contributed by atoms with Gasteiger partial charge in [0, 0.05) is 5.92 Å². The van der Waals surface area contributed by atoms with Crippen molar-refractivity contribution in [2.45, 2.75) is 12.1 Å². The van der Waals surface area contributed by atoms with Crippen LogP contribution < -0.4 is 5.01 Å². The van der Waals surface area contributed by atoms with Crippen LogP contribution in [0.2, 0.25) is 0 Å². The second-order valence-corrected chi connectivity index (χ2v) is 7.48. The molecule has 6 rings (SSSR count). The summed E-state index contributed by atoms with van der Waals surface area (Å²) >= 11 is 0. The SMILES string of the molecule is [CH]1[CH][CH][CH][CH]1.[CH]1[CH][CH][C](C2=NN(c3ccccc3)[C@@H](c3ccccc3)[C@@H]2n2cncn2)[CH]1.[Fe+2]. The van der Waals surface area contributed by atoms with Crippen molar-refractivity contribution in [1.82, 2.24) is 14.8 Å². The maximum atomic E-state index is 5.06. The predicted octanol–water partition coefficient (Wildman–Crippen LogP) is 4.86. The van der Waals surface area contributed by atoms with Gasteiger partial charge in [0.15, 0.2) is 0 Å². The van der Waals surface area contributed by atoms with E-state index in [-0.39, 0.29) is 29.2 Å². The van der Waals surface area contributed by atoms with Gasteiger partial charge in [-0.05, 0) is 75.5 Å². The Hall–Kier alpha value is -2.43. The van der Waals surface area contributed by atoms with Gasteiger partial charge >= 0.3 is 17.1 Å². The molecule has 0 spiro atoms. The molecule has 162 valence electrons. The van der Waals surface area contributed by atoms with Crippen LogP contribution in [0.5, 0.6) is 0 Å². The summed E-state index contributed by atoms with van der Waals surface area (Å²) in [6, 6.07) is 20.7. The first-order valence-corrected chi connectivity index (χ1v) is 10.6. The molecule has 33 heavy (non-hydrogen) atoms. The number of anilines is 1. The smallest absolute Gasteiger partial charge is 0.255 e. The number of hydrogen-bond donors (Lipinski definition) is 0. The number of benzene rings is 2. The first kappa shape index (κ1) is 23.7. The molecular weight excluding hydrogens is 450 g/mol. The van der Waals surface area contributed by atoms with Gasteiger partial charge in [0.1, 0.15) is 24.7 Å². The van der Waals surface area contributed by atoms with Crippen molar-refractivity contribution < 1.29 is 17.1 Å². The topological polar surface area (TPSA) is 46.3 Å². The van der Waals surface area contributed by atoms with E-state index in [1.54, 1.807) is 12.7 Å². The number of nitrogens with zero attached hydrogens (tertiary/aromatic N) is 5. The summed E-state index contributed by atoms with van der Waals surface area (Å²) in [6.45, 7) is 0. The van der Waals surface area contributed by atoms with Crippen LogP contribution in [-0.4, -0.2) is 20.5 Å². The Morgan fingerprint density at radius 1 is 0.667 bits per heavy atom. The van der Waals surface area contributed by atoms with E-state index in [1.165, 1.54) is 5.56 Å². The minimum Gasteiger partial charge on any atom is -0.255 e. The zero-order valence-electron chi connectivity index (χ0n) is 17.9. The quantitative estimate of drug-likeness (QED) is 0.509. The monoisotopic (exact) mass is 473 g/mol. The average Bonchev–Trinajstić information content (AvgIpc) is 3.67. The molecule has 10 radical (unpaired) electrons. The molecule has 0 bridgehead atoms. The second-order valence-electron chi connectivity index (χ2n) is 7.48. The van der Waals surface area contributed by atoms with Crippen LogP contribution in [0.3, 0.4) is 0 Å². The third kappa shape index (κ3) is 5.39. The summed E-state index contributed by atoms with van der Waals surface area (Å²) in [6.07, 6.45) is 21.6. The fourth-order valence-electron chi connectivity index (χ4n) is 4.02. The Morgan fingerprint density at radius 2 is 1.27 bits per heavy atom. The average molecular weight is 473 g/mol. The van der Waals surface area contributed by atoms with Crippen molar-refractivity contribution in [2.75, 3.05) is 5.01 Å². The van der Waals surface area contributed by atoms with Crippen molar-refractivity contribution >= 4 is 11.4 Å². The van der Waals surface area contributed by atoms with E-state index in [0.29, 0.717) is 0 Å². The normalized spacial score (nSPS) is 22.4. The van der Waals surface area contributed by atoms with Gasteiger partial charge in [-0.1, -0.05) is 48.5 Å². The van der Waals surface area contributed by atoms with Crippen molar-refractivity contribution in [3.63, 3.8) is 0 Å². The summed E-state index contributed by atoms with van der Waals surface area (Å²) in [5.74, 6) is 1.11.